The van der Waals surface area contributed by atoms with E-state index in [1.807, 2.05) is 0 Å². The van der Waals surface area contributed by atoms with Crippen molar-refractivity contribution in [2.24, 2.45) is 0 Å². The van der Waals surface area contributed by atoms with Gasteiger partial charge < -0.3 is 56.8 Å². The molecule has 186 valence electrons. The van der Waals surface area contributed by atoms with Crippen molar-refractivity contribution in [1.82, 2.24) is 0 Å². The molecule has 0 amide bonds. The summed E-state index contributed by atoms with van der Waals surface area (Å²) in [4.78, 5) is 0. The highest BCUT2D eigenvalue weighted by molar-refractivity contribution is 5.10. The van der Waals surface area contributed by atoms with Gasteiger partial charge in [-0.05, 0) is 0 Å². The highest BCUT2D eigenvalue weighted by Crippen LogP contribution is 2.49. The minimum Gasteiger partial charge on any atom is -0.376 e. The summed E-state index contributed by atoms with van der Waals surface area (Å²) in [5.74, 6) is -1.12. The van der Waals surface area contributed by atoms with Crippen LogP contribution in [0.15, 0.2) is 0 Å². The van der Waals surface area contributed by atoms with Gasteiger partial charge in [0.25, 0.3) is 12.4 Å². The number of methoxy groups -OCH3 is 3. The van der Waals surface area contributed by atoms with Gasteiger partial charge in [0.05, 0.1) is 6.61 Å². The molecular weight excluding hydrogens is 444 g/mol. The summed E-state index contributed by atoms with van der Waals surface area (Å²) >= 11 is 0. The third-order valence-corrected chi connectivity index (χ3v) is 7.84. The number of rotatable bonds is 7. The quantitative estimate of drug-likeness (QED) is 0.464. The molecule has 10 bridgehead atoms. The fraction of sp³-hybridized carbons (Fsp3) is 1.00. The van der Waals surface area contributed by atoms with E-state index in [-0.39, 0.29) is 73.2 Å². The van der Waals surface area contributed by atoms with Crippen molar-refractivity contribution in [3.8, 4) is 0 Å². The molecule has 12 heteroatoms. The molecule has 0 spiro atoms. The molecule has 7 saturated heterocycles. The summed E-state index contributed by atoms with van der Waals surface area (Å²) < 4.78 is 71.2. The van der Waals surface area contributed by atoms with E-state index >= 15 is 0 Å². The SMILES string of the molecule is COC1C2OC3OC1C1OC(CCOC4C5OC6(C)OC(C5OC)C(OC)C4O6)OC2C1O3. The third kappa shape index (κ3) is 3.07. The molecule has 0 aromatic carbocycles. The number of hydrogen-bond donors (Lipinski definition) is 0. The lowest BCUT2D eigenvalue weighted by Crippen LogP contribution is -2.79. The average Bonchev–Trinajstić information content (AvgIpc) is 2.80. The Balaban J connectivity index is 1.02. The highest BCUT2D eigenvalue weighted by Gasteiger charge is 2.68. The summed E-state index contributed by atoms with van der Waals surface area (Å²) in [6.45, 7) is 1.45. The smallest absolute Gasteiger partial charge is 0.281 e. The molecule has 33 heavy (non-hydrogen) atoms. The van der Waals surface area contributed by atoms with Crippen LogP contribution in [0.2, 0.25) is 0 Å². The Morgan fingerprint density at radius 3 is 1.58 bits per heavy atom. The Morgan fingerprint density at radius 2 is 1.03 bits per heavy atom. The van der Waals surface area contributed by atoms with Crippen molar-refractivity contribution in [3.63, 3.8) is 0 Å². The van der Waals surface area contributed by atoms with E-state index in [0.717, 1.165) is 0 Å². The van der Waals surface area contributed by atoms with Crippen molar-refractivity contribution < 1.29 is 56.8 Å². The van der Waals surface area contributed by atoms with E-state index in [0.29, 0.717) is 13.0 Å². The Hall–Kier alpha value is -0.480. The van der Waals surface area contributed by atoms with Gasteiger partial charge in [-0.2, -0.15) is 0 Å². The molecule has 0 aromatic rings. The van der Waals surface area contributed by atoms with E-state index < -0.39 is 18.7 Å². The predicted molar refractivity (Wildman–Crippen MR) is 102 cm³/mol. The molecule has 8 unspecified atom stereocenters. The van der Waals surface area contributed by atoms with Crippen LogP contribution in [0.3, 0.4) is 0 Å². The molecule has 0 aromatic heterocycles. The maximum Gasteiger partial charge on any atom is 0.281 e. The molecule has 7 heterocycles. The summed E-state index contributed by atoms with van der Waals surface area (Å²) in [6.07, 6.45) is -3.51. The Kier molecular flexibility index (Phi) is 5.12. The molecule has 8 atom stereocenters. The van der Waals surface area contributed by atoms with E-state index in [9.17, 15) is 0 Å². The standard InChI is InChI=1S/C21H30O12/c1-21-31-17-9(23-3)18(32-21)11(19(33-21)10(17)24-4)25-6-5-7-26-14-12-8(22-2)13-15(27-7)16(14)30-20(28-12)29-13/h7-20H,5-6H2,1-4H3. The van der Waals surface area contributed by atoms with Gasteiger partial charge in [-0.15, -0.1) is 0 Å². The van der Waals surface area contributed by atoms with Crippen molar-refractivity contribution in [2.45, 2.75) is 105 Å². The molecule has 9 aliphatic rings. The Labute approximate surface area is 190 Å². The maximum absolute atomic E-state index is 6.28. The monoisotopic (exact) mass is 474 g/mol. The van der Waals surface area contributed by atoms with Crippen LogP contribution in [0, 0.1) is 0 Å². The lowest BCUT2D eigenvalue weighted by molar-refractivity contribution is -0.535. The lowest BCUT2D eigenvalue weighted by Gasteiger charge is -2.62. The normalized spacial score (nSPS) is 60.0. The number of ether oxygens (including phenoxy) is 12. The van der Waals surface area contributed by atoms with E-state index in [1.54, 1.807) is 28.3 Å². The molecule has 9 rings (SSSR count). The van der Waals surface area contributed by atoms with Crippen LogP contribution >= 0.6 is 0 Å². The fourth-order valence-corrected chi connectivity index (χ4v) is 6.54. The topological polar surface area (TPSA) is 111 Å². The molecule has 7 aliphatic heterocycles. The zero-order valence-electron chi connectivity index (χ0n) is 18.9. The van der Waals surface area contributed by atoms with Gasteiger partial charge in [0.2, 0.25) is 0 Å². The summed E-state index contributed by atoms with van der Waals surface area (Å²) in [5, 5.41) is 0. The molecule has 9 fully saturated rings. The van der Waals surface area contributed by atoms with Crippen molar-refractivity contribution in [2.75, 3.05) is 27.9 Å². The first kappa shape index (κ1) is 21.8. The summed E-state index contributed by atoms with van der Waals surface area (Å²) in [6, 6.07) is 0. The van der Waals surface area contributed by atoms with Crippen LogP contribution in [0.1, 0.15) is 13.3 Å². The second kappa shape index (κ2) is 7.76. The largest absolute Gasteiger partial charge is 0.376 e. The maximum atomic E-state index is 6.28. The average molecular weight is 474 g/mol. The minimum absolute atomic E-state index is 0.229. The lowest BCUT2D eigenvalue weighted by atomic mass is 9.81. The second-order valence-electron chi connectivity index (χ2n) is 9.56. The van der Waals surface area contributed by atoms with Gasteiger partial charge in [0.1, 0.15) is 73.2 Å². The first-order valence-corrected chi connectivity index (χ1v) is 11.5. The van der Waals surface area contributed by atoms with E-state index in [4.69, 9.17) is 56.8 Å². The van der Waals surface area contributed by atoms with Crippen LogP contribution in [-0.2, 0) is 56.8 Å². The molecule has 0 radical (unpaired) electrons. The molecule has 0 N–H and O–H groups in total. The fourth-order valence-electron chi connectivity index (χ4n) is 6.54. The van der Waals surface area contributed by atoms with Crippen molar-refractivity contribution in [3.05, 3.63) is 0 Å². The second-order valence-corrected chi connectivity index (χ2v) is 9.56. The molecular formula is C21H30O12. The molecule has 2 aliphatic carbocycles. The van der Waals surface area contributed by atoms with Gasteiger partial charge in [0, 0.05) is 34.7 Å². The van der Waals surface area contributed by atoms with Crippen molar-refractivity contribution >= 4 is 0 Å². The molecule has 12 nitrogen and oxygen atoms in total. The predicted octanol–water partition coefficient (Wildman–Crippen LogP) is -0.733. The Morgan fingerprint density at radius 1 is 0.576 bits per heavy atom. The highest BCUT2D eigenvalue weighted by atomic mass is 16.9. The van der Waals surface area contributed by atoms with Gasteiger partial charge in [-0.1, -0.05) is 0 Å². The zero-order valence-corrected chi connectivity index (χ0v) is 18.9. The van der Waals surface area contributed by atoms with Gasteiger partial charge in [0.15, 0.2) is 6.29 Å². The first-order valence-electron chi connectivity index (χ1n) is 11.5. The summed E-state index contributed by atoms with van der Waals surface area (Å²) in [7, 11) is 4.91. The van der Waals surface area contributed by atoms with Crippen LogP contribution in [0.25, 0.3) is 0 Å². The van der Waals surface area contributed by atoms with E-state index in [2.05, 4.69) is 0 Å². The van der Waals surface area contributed by atoms with Crippen molar-refractivity contribution in [1.29, 1.82) is 0 Å². The molecule has 2 saturated carbocycles. The summed E-state index contributed by atoms with van der Waals surface area (Å²) in [5.41, 5.74) is 0. The van der Waals surface area contributed by atoms with Gasteiger partial charge in [-0.3, -0.25) is 0 Å². The third-order valence-electron chi connectivity index (χ3n) is 7.84. The minimum atomic E-state index is -1.12. The van der Waals surface area contributed by atoms with Crippen LogP contribution in [-0.4, -0.2) is 120 Å². The van der Waals surface area contributed by atoms with Crippen LogP contribution in [0.5, 0.6) is 0 Å². The van der Waals surface area contributed by atoms with Gasteiger partial charge >= 0.3 is 0 Å². The van der Waals surface area contributed by atoms with Gasteiger partial charge in [-0.25, -0.2) is 0 Å². The first-order chi connectivity index (χ1) is 16.0. The van der Waals surface area contributed by atoms with Crippen LogP contribution < -0.4 is 0 Å². The number of hydrogen-bond acceptors (Lipinski definition) is 12. The Bertz CT molecular complexity index is 722. The van der Waals surface area contributed by atoms with Crippen LogP contribution in [0.4, 0.5) is 0 Å². The van der Waals surface area contributed by atoms with E-state index in [1.165, 1.54) is 0 Å². The zero-order chi connectivity index (χ0) is 22.5.